The van der Waals surface area contributed by atoms with Crippen LogP contribution in [0.1, 0.15) is 6.92 Å². The van der Waals surface area contributed by atoms with Crippen LogP contribution in [0.4, 0.5) is 5.69 Å². The van der Waals surface area contributed by atoms with Gasteiger partial charge in [0.1, 0.15) is 22.5 Å². The number of fused-ring (bicyclic) bond motifs is 3. The van der Waals surface area contributed by atoms with Crippen LogP contribution in [-0.4, -0.2) is 52.2 Å². The zero-order valence-electron chi connectivity index (χ0n) is 16.7. The fourth-order valence-electron chi connectivity index (χ4n) is 3.89. The molecule has 0 saturated carbocycles. The second-order valence-corrected chi connectivity index (χ2v) is 8.69. The minimum absolute atomic E-state index is 0.135. The Morgan fingerprint density at radius 3 is 2.53 bits per heavy atom. The maximum atomic E-state index is 13.1. The van der Waals surface area contributed by atoms with Crippen LogP contribution in [0.15, 0.2) is 70.4 Å². The molecule has 1 saturated heterocycles. The number of amides is 1. The van der Waals surface area contributed by atoms with E-state index in [9.17, 15) is 4.79 Å². The Balaban J connectivity index is 1.29. The highest BCUT2D eigenvalue weighted by Crippen LogP contribution is 2.34. The van der Waals surface area contributed by atoms with E-state index in [1.165, 1.54) is 17.4 Å². The molecule has 6 nitrogen and oxygen atoms in total. The van der Waals surface area contributed by atoms with E-state index in [0.717, 1.165) is 42.7 Å². The fraction of sp³-hybridized carbons (Fsp3) is 0.261. The summed E-state index contributed by atoms with van der Waals surface area (Å²) in [5.74, 6) is 0.135. The third kappa shape index (κ3) is 3.50. The molecule has 4 aromatic rings. The molecular formula is C23H22N4O2S. The monoisotopic (exact) mass is 418 g/mol. The second-order valence-electron chi connectivity index (χ2n) is 7.36. The number of benzene rings is 2. The number of anilines is 1. The molecule has 0 radical (unpaired) electrons. The lowest BCUT2D eigenvalue weighted by atomic mass is 10.2. The predicted molar refractivity (Wildman–Crippen MR) is 120 cm³/mol. The van der Waals surface area contributed by atoms with Gasteiger partial charge < -0.3 is 14.2 Å². The molecule has 3 heterocycles. The summed E-state index contributed by atoms with van der Waals surface area (Å²) >= 11 is 1.44. The van der Waals surface area contributed by atoms with Gasteiger partial charge in [0.05, 0.1) is 5.25 Å². The standard InChI is InChI=1S/C23H22N4O2S/c1-16(23(28)27-13-11-26(12-14-27)17-7-3-2-4-8-17)30-22-21-20(24-15-25-22)18-9-5-6-10-19(18)29-21/h2-10,15-16H,11-14H2,1H3/t16-/m1/s1. The van der Waals surface area contributed by atoms with Crippen molar-refractivity contribution < 1.29 is 9.21 Å². The average molecular weight is 419 g/mol. The van der Waals surface area contributed by atoms with E-state index in [1.54, 1.807) is 6.33 Å². The van der Waals surface area contributed by atoms with E-state index in [2.05, 4.69) is 27.0 Å². The molecule has 2 aromatic heterocycles. The van der Waals surface area contributed by atoms with Gasteiger partial charge in [-0.25, -0.2) is 9.97 Å². The van der Waals surface area contributed by atoms with Gasteiger partial charge in [0.25, 0.3) is 0 Å². The quantitative estimate of drug-likeness (QED) is 0.366. The lowest BCUT2D eigenvalue weighted by Crippen LogP contribution is -2.50. The number of rotatable bonds is 4. The molecule has 0 aliphatic carbocycles. The van der Waals surface area contributed by atoms with Crippen molar-refractivity contribution in [3.05, 3.63) is 60.9 Å². The summed E-state index contributed by atoms with van der Waals surface area (Å²) in [4.78, 5) is 26.1. The average Bonchev–Trinajstić information content (AvgIpc) is 3.19. The molecule has 0 spiro atoms. The summed E-state index contributed by atoms with van der Waals surface area (Å²) in [5, 5.41) is 1.42. The summed E-state index contributed by atoms with van der Waals surface area (Å²) < 4.78 is 6.00. The molecule has 5 rings (SSSR count). The van der Waals surface area contributed by atoms with E-state index in [1.807, 2.05) is 54.3 Å². The summed E-state index contributed by atoms with van der Waals surface area (Å²) in [5.41, 5.74) is 3.43. The number of hydrogen-bond acceptors (Lipinski definition) is 6. The third-order valence-electron chi connectivity index (χ3n) is 5.47. The number of para-hydroxylation sites is 2. The topological polar surface area (TPSA) is 62.5 Å². The van der Waals surface area contributed by atoms with Crippen molar-refractivity contribution in [1.82, 2.24) is 14.9 Å². The Kier molecular flexibility index (Phi) is 5.04. The van der Waals surface area contributed by atoms with Gasteiger partial charge in [0.15, 0.2) is 5.58 Å². The van der Waals surface area contributed by atoms with Crippen molar-refractivity contribution >= 4 is 45.4 Å². The number of hydrogen-bond donors (Lipinski definition) is 0. The first-order valence-electron chi connectivity index (χ1n) is 10.1. The molecule has 1 atom stereocenters. The molecule has 30 heavy (non-hydrogen) atoms. The van der Waals surface area contributed by atoms with Crippen molar-refractivity contribution in [1.29, 1.82) is 0 Å². The maximum Gasteiger partial charge on any atom is 0.235 e. The van der Waals surface area contributed by atoms with Crippen molar-refractivity contribution in [3.63, 3.8) is 0 Å². The van der Waals surface area contributed by atoms with Crippen molar-refractivity contribution in [2.75, 3.05) is 31.1 Å². The SMILES string of the molecule is C[C@@H](Sc1ncnc2c1oc1ccccc12)C(=O)N1CCN(c2ccccc2)CC1. The number of furan rings is 1. The summed E-state index contributed by atoms with van der Waals surface area (Å²) in [6.07, 6.45) is 1.54. The molecule has 0 N–H and O–H groups in total. The van der Waals surface area contributed by atoms with Crippen LogP contribution < -0.4 is 4.90 Å². The maximum absolute atomic E-state index is 13.1. The molecule has 0 unspecified atom stereocenters. The molecule has 152 valence electrons. The van der Waals surface area contributed by atoms with Gasteiger partial charge in [-0.2, -0.15) is 0 Å². The predicted octanol–water partition coefficient (Wildman–Crippen LogP) is 4.21. The Morgan fingerprint density at radius 1 is 1.00 bits per heavy atom. The van der Waals surface area contributed by atoms with E-state index in [0.29, 0.717) is 10.6 Å². The molecule has 0 bridgehead atoms. The van der Waals surface area contributed by atoms with Crippen LogP contribution in [0.3, 0.4) is 0 Å². The number of piperazine rings is 1. The van der Waals surface area contributed by atoms with Gasteiger partial charge in [-0.1, -0.05) is 42.1 Å². The number of aromatic nitrogens is 2. The van der Waals surface area contributed by atoms with Crippen molar-refractivity contribution in [2.45, 2.75) is 17.2 Å². The Labute approximate surface area is 178 Å². The highest BCUT2D eigenvalue weighted by molar-refractivity contribution is 8.00. The number of carbonyl (C=O) groups is 1. The van der Waals surface area contributed by atoms with Crippen LogP contribution >= 0.6 is 11.8 Å². The number of thioether (sulfide) groups is 1. The lowest BCUT2D eigenvalue weighted by molar-refractivity contribution is -0.130. The first-order valence-corrected chi connectivity index (χ1v) is 11.0. The normalized spacial score (nSPS) is 15.6. The highest BCUT2D eigenvalue weighted by Gasteiger charge is 2.27. The largest absolute Gasteiger partial charge is 0.451 e. The van der Waals surface area contributed by atoms with E-state index in [4.69, 9.17) is 4.42 Å². The third-order valence-corrected chi connectivity index (χ3v) is 6.54. The number of nitrogens with zero attached hydrogens (tertiary/aromatic N) is 4. The molecule has 1 amide bonds. The van der Waals surface area contributed by atoms with Crippen LogP contribution in [0, 0.1) is 0 Å². The molecular weight excluding hydrogens is 396 g/mol. The highest BCUT2D eigenvalue weighted by atomic mass is 32.2. The summed E-state index contributed by atoms with van der Waals surface area (Å²) in [6, 6.07) is 18.2. The summed E-state index contributed by atoms with van der Waals surface area (Å²) in [6.45, 7) is 5.07. The number of carbonyl (C=O) groups excluding carboxylic acids is 1. The molecule has 1 aliphatic heterocycles. The molecule has 1 fully saturated rings. The van der Waals surface area contributed by atoms with Gasteiger partial charge in [-0.3, -0.25) is 4.79 Å². The van der Waals surface area contributed by atoms with Crippen LogP contribution in [0.25, 0.3) is 22.1 Å². The van der Waals surface area contributed by atoms with Gasteiger partial charge >= 0.3 is 0 Å². The van der Waals surface area contributed by atoms with Crippen molar-refractivity contribution in [2.24, 2.45) is 0 Å². The zero-order chi connectivity index (χ0) is 20.5. The van der Waals surface area contributed by atoms with Gasteiger partial charge in [0, 0.05) is 37.3 Å². The summed E-state index contributed by atoms with van der Waals surface area (Å²) in [7, 11) is 0. The Bertz CT molecular complexity index is 1190. The van der Waals surface area contributed by atoms with Gasteiger partial charge in [0.2, 0.25) is 5.91 Å². The van der Waals surface area contributed by atoms with Crippen LogP contribution in [0.5, 0.6) is 0 Å². The molecule has 1 aliphatic rings. The molecule has 2 aromatic carbocycles. The van der Waals surface area contributed by atoms with E-state index in [-0.39, 0.29) is 11.2 Å². The fourth-order valence-corrected chi connectivity index (χ4v) is 4.82. The second kappa shape index (κ2) is 7.99. The minimum Gasteiger partial charge on any atom is -0.451 e. The Hall–Kier alpha value is -3.06. The first kappa shape index (κ1) is 18.9. The minimum atomic E-state index is -0.250. The lowest BCUT2D eigenvalue weighted by Gasteiger charge is -2.37. The van der Waals surface area contributed by atoms with Crippen LogP contribution in [-0.2, 0) is 4.79 Å². The Morgan fingerprint density at radius 2 is 1.73 bits per heavy atom. The van der Waals surface area contributed by atoms with E-state index < -0.39 is 0 Å². The van der Waals surface area contributed by atoms with Crippen LogP contribution in [0.2, 0.25) is 0 Å². The van der Waals surface area contributed by atoms with Crippen molar-refractivity contribution in [3.8, 4) is 0 Å². The van der Waals surface area contributed by atoms with E-state index >= 15 is 0 Å². The molecule has 7 heteroatoms. The van der Waals surface area contributed by atoms with Gasteiger partial charge in [-0.05, 0) is 31.2 Å². The van der Waals surface area contributed by atoms with Gasteiger partial charge in [-0.15, -0.1) is 0 Å². The first-order chi connectivity index (χ1) is 14.7. The smallest absolute Gasteiger partial charge is 0.235 e. The zero-order valence-corrected chi connectivity index (χ0v) is 17.5.